The van der Waals surface area contributed by atoms with Gasteiger partial charge in [-0.1, -0.05) is 6.92 Å². The number of carbonyl (C=O) groups excluding carboxylic acids is 1. The average molecular weight is 250 g/mol. The molecule has 4 aliphatic rings. The standard InChI is InChI=1S/C16H26O2/c1-5-16(18-14(17)15(2,3)4)12-7-10-6-11(9-12)13(16)8-10/h10-13H,5-9H2,1-4H3. The van der Waals surface area contributed by atoms with Crippen molar-refractivity contribution >= 4 is 5.97 Å². The summed E-state index contributed by atoms with van der Waals surface area (Å²) < 4.78 is 6.14. The van der Waals surface area contributed by atoms with Crippen molar-refractivity contribution in [2.75, 3.05) is 0 Å². The van der Waals surface area contributed by atoms with Gasteiger partial charge in [-0.25, -0.2) is 0 Å². The highest BCUT2D eigenvalue weighted by Gasteiger charge is 2.63. The minimum absolute atomic E-state index is 0.000324. The smallest absolute Gasteiger partial charge is 0.311 e. The van der Waals surface area contributed by atoms with Crippen LogP contribution < -0.4 is 0 Å². The Bertz CT molecular complexity index is 364. The zero-order valence-electron chi connectivity index (χ0n) is 12.2. The van der Waals surface area contributed by atoms with Gasteiger partial charge in [0.15, 0.2) is 0 Å². The van der Waals surface area contributed by atoms with E-state index in [0.717, 1.165) is 18.3 Å². The Morgan fingerprint density at radius 1 is 1.22 bits per heavy atom. The van der Waals surface area contributed by atoms with E-state index < -0.39 is 0 Å². The van der Waals surface area contributed by atoms with E-state index in [1.54, 1.807) is 0 Å². The minimum atomic E-state index is -0.373. The molecule has 5 unspecified atom stereocenters. The minimum Gasteiger partial charge on any atom is -0.458 e. The van der Waals surface area contributed by atoms with Crippen LogP contribution in [0.1, 0.15) is 59.8 Å². The Kier molecular flexibility index (Phi) is 2.60. The molecule has 0 aliphatic heterocycles. The Balaban J connectivity index is 1.86. The quantitative estimate of drug-likeness (QED) is 0.697. The Labute approximate surface area is 110 Å². The van der Waals surface area contributed by atoms with Crippen LogP contribution in [0.3, 0.4) is 0 Å². The molecule has 18 heavy (non-hydrogen) atoms. The van der Waals surface area contributed by atoms with Crippen molar-refractivity contribution in [3.63, 3.8) is 0 Å². The second kappa shape index (κ2) is 3.74. The Morgan fingerprint density at radius 3 is 2.50 bits per heavy atom. The normalized spacial score (nSPS) is 45.6. The molecule has 0 saturated heterocycles. The summed E-state index contributed by atoms with van der Waals surface area (Å²) in [5.74, 6) is 3.10. The fraction of sp³-hybridized carbons (Fsp3) is 0.938. The van der Waals surface area contributed by atoms with Crippen LogP contribution in [0.15, 0.2) is 0 Å². The van der Waals surface area contributed by atoms with Gasteiger partial charge in [-0.3, -0.25) is 4.79 Å². The zero-order valence-corrected chi connectivity index (χ0v) is 12.2. The summed E-state index contributed by atoms with van der Waals surface area (Å²) in [5, 5.41) is 0. The van der Waals surface area contributed by atoms with E-state index in [0.29, 0.717) is 11.8 Å². The predicted molar refractivity (Wildman–Crippen MR) is 71.0 cm³/mol. The van der Waals surface area contributed by atoms with Gasteiger partial charge in [0.05, 0.1) is 5.41 Å². The molecule has 2 nitrogen and oxygen atoms in total. The molecule has 2 heteroatoms. The van der Waals surface area contributed by atoms with E-state index in [1.807, 2.05) is 20.8 Å². The summed E-state index contributed by atoms with van der Waals surface area (Å²) in [6, 6.07) is 0. The van der Waals surface area contributed by atoms with Gasteiger partial charge in [-0.15, -0.1) is 0 Å². The number of rotatable bonds is 2. The molecule has 0 aromatic rings. The summed E-state index contributed by atoms with van der Waals surface area (Å²) in [6.07, 6.45) is 6.33. The number of ether oxygens (including phenoxy) is 1. The van der Waals surface area contributed by atoms with Crippen molar-refractivity contribution in [1.82, 2.24) is 0 Å². The topological polar surface area (TPSA) is 26.3 Å². The van der Waals surface area contributed by atoms with Gasteiger partial charge in [0.25, 0.3) is 0 Å². The van der Waals surface area contributed by atoms with Crippen LogP contribution in [-0.2, 0) is 9.53 Å². The molecule has 102 valence electrons. The maximum absolute atomic E-state index is 12.3. The maximum Gasteiger partial charge on any atom is 0.311 e. The second-order valence-corrected chi connectivity index (χ2v) is 7.82. The molecule has 0 radical (unpaired) electrons. The Morgan fingerprint density at radius 2 is 1.94 bits per heavy atom. The highest BCUT2D eigenvalue weighted by molar-refractivity contribution is 5.76. The van der Waals surface area contributed by atoms with E-state index in [4.69, 9.17) is 4.74 Å². The average Bonchev–Trinajstić information content (AvgIpc) is 2.68. The van der Waals surface area contributed by atoms with Crippen LogP contribution in [0.2, 0.25) is 0 Å². The SMILES string of the molecule is CCC1(OC(=O)C(C)(C)C)C2CC3CC(C2)C1C3. The van der Waals surface area contributed by atoms with E-state index in [2.05, 4.69) is 6.92 Å². The van der Waals surface area contributed by atoms with Crippen LogP contribution >= 0.6 is 0 Å². The van der Waals surface area contributed by atoms with Gasteiger partial charge in [0.1, 0.15) is 5.60 Å². The van der Waals surface area contributed by atoms with Crippen LogP contribution in [0.5, 0.6) is 0 Å². The molecule has 0 aromatic heterocycles. The van der Waals surface area contributed by atoms with E-state index in [-0.39, 0.29) is 17.0 Å². The first kappa shape index (κ1) is 12.5. The summed E-state index contributed by atoms with van der Waals surface area (Å²) in [4.78, 5) is 12.3. The maximum atomic E-state index is 12.3. The fourth-order valence-electron chi connectivity index (χ4n) is 4.97. The van der Waals surface area contributed by atoms with Crippen LogP contribution in [0, 0.1) is 29.1 Å². The summed E-state index contributed by atoms with van der Waals surface area (Å²) in [6.45, 7) is 8.10. The van der Waals surface area contributed by atoms with Crippen LogP contribution in [0.4, 0.5) is 0 Å². The summed E-state index contributed by atoms with van der Waals surface area (Å²) in [7, 11) is 0. The van der Waals surface area contributed by atoms with E-state index in [9.17, 15) is 4.79 Å². The molecule has 0 amide bonds. The van der Waals surface area contributed by atoms with Gasteiger partial charge in [0, 0.05) is 5.92 Å². The third-order valence-electron chi connectivity index (χ3n) is 5.76. The first-order valence-corrected chi connectivity index (χ1v) is 7.60. The third kappa shape index (κ3) is 1.57. The second-order valence-electron chi connectivity index (χ2n) is 7.82. The highest BCUT2D eigenvalue weighted by Crippen LogP contribution is 2.65. The lowest BCUT2D eigenvalue weighted by atomic mass is 9.70. The van der Waals surface area contributed by atoms with Gasteiger partial charge < -0.3 is 4.74 Å². The lowest BCUT2D eigenvalue weighted by molar-refractivity contribution is -0.184. The number of carbonyl (C=O) groups is 1. The van der Waals surface area contributed by atoms with E-state index >= 15 is 0 Å². The lowest BCUT2D eigenvalue weighted by Gasteiger charge is -2.44. The predicted octanol–water partition coefficient (Wildman–Crippen LogP) is 3.79. The van der Waals surface area contributed by atoms with Crippen LogP contribution in [0.25, 0.3) is 0 Å². The monoisotopic (exact) mass is 250 g/mol. The molecule has 0 N–H and O–H groups in total. The molecule has 4 fully saturated rings. The fourth-order valence-corrected chi connectivity index (χ4v) is 4.97. The molecule has 0 heterocycles. The molecule has 4 saturated carbocycles. The third-order valence-corrected chi connectivity index (χ3v) is 5.76. The Hall–Kier alpha value is -0.530. The summed E-state index contributed by atoms with van der Waals surface area (Å²) in [5.41, 5.74) is -0.482. The molecule has 4 aliphatic carbocycles. The van der Waals surface area contributed by atoms with Crippen molar-refractivity contribution in [3.05, 3.63) is 0 Å². The summed E-state index contributed by atoms with van der Waals surface area (Å²) >= 11 is 0. The van der Waals surface area contributed by atoms with Crippen molar-refractivity contribution in [2.24, 2.45) is 29.1 Å². The first-order chi connectivity index (χ1) is 8.37. The van der Waals surface area contributed by atoms with Gasteiger partial charge in [-0.2, -0.15) is 0 Å². The number of esters is 1. The zero-order chi connectivity index (χ0) is 13.1. The number of hydrogen-bond acceptors (Lipinski definition) is 2. The lowest BCUT2D eigenvalue weighted by Crippen LogP contribution is -2.48. The molecule has 4 bridgehead atoms. The molecule has 0 spiro atoms. The van der Waals surface area contributed by atoms with Gasteiger partial charge in [-0.05, 0) is 70.6 Å². The van der Waals surface area contributed by atoms with E-state index in [1.165, 1.54) is 25.7 Å². The highest BCUT2D eigenvalue weighted by atomic mass is 16.6. The van der Waals surface area contributed by atoms with Crippen molar-refractivity contribution < 1.29 is 9.53 Å². The largest absolute Gasteiger partial charge is 0.458 e. The van der Waals surface area contributed by atoms with Crippen molar-refractivity contribution in [2.45, 2.75) is 65.4 Å². The van der Waals surface area contributed by atoms with Crippen molar-refractivity contribution in [1.29, 1.82) is 0 Å². The van der Waals surface area contributed by atoms with Gasteiger partial charge >= 0.3 is 5.97 Å². The molecule has 0 aromatic carbocycles. The number of hydrogen-bond donors (Lipinski definition) is 0. The molecular formula is C16H26O2. The first-order valence-electron chi connectivity index (χ1n) is 7.60. The van der Waals surface area contributed by atoms with Crippen molar-refractivity contribution in [3.8, 4) is 0 Å². The van der Waals surface area contributed by atoms with Crippen LogP contribution in [-0.4, -0.2) is 11.6 Å². The molecule has 5 atom stereocenters. The van der Waals surface area contributed by atoms with Gasteiger partial charge in [0.2, 0.25) is 0 Å². The molecular weight excluding hydrogens is 224 g/mol. The molecule has 4 rings (SSSR count).